The number of piperidine rings is 1. The Morgan fingerprint density at radius 3 is 2.86 bits per heavy atom. The van der Waals surface area contributed by atoms with Gasteiger partial charge in [-0.25, -0.2) is 9.59 Å². The lowest BCUT2D eigenvalue weighted by Crippen LogP contribution is -2.43. The fourth-order valence-electron chi connectivity index (χ4n) is 2.60. The van der Waals surface area contributed by atoms with Gasteiger partial charge in [-0.15, -0.1) is 0 Å². The van der Waals surface area contributed by atoms with Crippen molar-refractivity contribution in [2.45, 2.75) is 19.8 Å². The molecule has 1 aromatic rings. The zero-order valence-corrected chi connectivity index (χ0v) is 12.0. The van der Waals surface area contributed by atoms with Gasteiger partial charge in [0.25, 0.3) is 0 Å². The summed E-state index contributed by atoms with van der Waals surface area (Å²) in [7, 11) is 0. The highest BCUT2D eigenvalue weighted by molar-refractivity contribution is 5.95. The summed E-state index contributed by atoms with van der Waals surface area (Å²) < 4.78 is 0. The van der Waals surface area contributed by atoms with Gasteiger partial charge in [-0.3, -0.25) is 0 Å². The number of rotatable bonds is 3. The molecule has 6 nitrogen and oxygen atoms in total. The maximum Gasteiger partial charge on any atom is 0.336 e. The van der Waals surface area contributed by atoms with E-state index in [0.29, 0.717) is 24.3 Å². The van der Waals surface area contributed by atoms with E-state index in [9.17, 15) is 14.7 Å². The van der Waals surface area contributed by atoms with Crippen LogP contribution >= 0.6 is 0 Å². The van der Waals surface area contributed by atoms with Crippen molar-refractivity contribution in [2.24, 2.45) is 5.92 Å². The van der Waals surface area contributed by atoms with Gasteiger partial charge in [-0.1, -0.05) is 6.07 Å². The fourth-order valence-corrected chi connectivity index (χ4v) is 2.60. The molecule has 6 heteroatoms. The molecule has 21 heavy (non-hydrogen) atoms. The fraction of sp³-hybridized carbons (Fsp3) is 0.467. The van der Waals surface area contributed by atoms with Crippen molar-refractivity contribution >= 4 is 17.7 Å². The van der Waals surface area contributed by atoms with Crippen molar-refractivity contribution in [3.05, 3.63) is 29.3 Å². The van der Waals surface area contributed by atoms with Gasteiger partial charge in [-0.2, -0.15) is 0 Å². The molecule has 3 N–H and O–H groups in total. The molecular weight excluding hydrogens is 272 g/mol. The number of carbonyl (C=O) groups excluding carboxylic acids is 1. The number of amides is 2. The van der Waals surface area contributed by atoms with Crippen LogP contribution in [-0.2, 0) is 0 Å². The van der Waals surface area contributed by atoms with Crippen LogP contribution in [0.2, 0.25) is 0 Å². The van der Waals surface area contributed by atoms with E-state index in [-0.39, 0.29) is 24.1 Å². The van der Waals surface area contributed by atoms with Crippen LogP contribution in [0, 0.1) is 12.8 Å². The lowest BCUT2D eigenvalue weighted by Gasteiger charge is -2.32. The average Bonchev–Trinajstić information content (AvgIpc) is 2.49. The van der Waals surface area contributed by atoms with Crippen LogP contribution in [0.25, 0.3) is 0 Å². The lowest BCUT2D eigenvalue weighted by atomic mass is 9.99. The number of hydrogen-bond donors (Lipinski definition) is 3. The minimum atomic E-state index is -1.01. The molecule has 0 saturated carbocycles. The highest BCUT2D eigenvalue weighted by Gasteiger charge is 2.23. The van der Waals surface area contributed by atoms with Crippen LogP contribution in [0.1, 0.15) is 28.8 Å². The molecule has 2 rings (SSSR count). The van der Waals surface area contributed by atoms with Crippen LogP contribution in [0.4, 0.5) is 10.5 Å². The summed E-state index contributed by atoms with van der Waals surface area (Å²) in [5, 5.41) is 21.0. The van der Waals surface area contributed by atoms with Crippen LogP contribution in [0.15, 0.2) is 18.2 Å². The number of likely N-dealkylation sites (tertiary alicyclic amines) is 1. The SMILES string of the molecule is Cc1c(NC(=O)N2CCCC(CO)C2)cccc1C(=O)O. The first-order valence-corrected chi connectivity index (χ1v) is 7.02. The number of benzene rings is 1. The summed E-state index contributed by atoms with van der Waals surface area (Å²) in [5.74, 6) is -0.891. The molecule has 1 aliphatic heterocycles. The molecular formula is C15H20N2O4. The third-order valence-electron chi connectivity index (χ3n) is 3.87. The summed E-state index contributed by atoms with van der Waals surface area (Å²) in [4.78, 5) is 25.0. The number of nitrogens with one attached hydrogen (secondary N) is 1. The van der Waals surface area contributed by atoms with Crippen molar-refractivity contribution < 1.29 is 19.8 Å². The maximum atomic E-state index is 12.2. The van der Waals surface area contributed by atoms with Gasteiger partial charge in [0.15, 0.2) is 0 Å². The molecule has 1 aliphatic rings. The third-order valence-corrected chi connectivity index (χ3v) is 3.87. The molecule has 0 bridgehead atoms. The molecule has 2 amide bonds. The quantitative estimate of drug-likeness (QED) is 0.794. The number of carboxylic acids is 1. The summed E-state index contributed by atoms with van der Waals surface area (Å²) in [6.45, 7) is 2.93. The molecule has 114 valence electrons. The second-order valence-electron chi connectivity index (χ2n) is 5.35. The molecule has 1 unspecified atom stereocenters. The van der Waals surface area contributed by atoms with Crippen LogP contribution in [0.5, 0.6) is 0 Å². The van der Waals surface area contributed by atoms with Crippen molar-refractivity contribution in [3.8, 4) is 0 Å². The number of nitrogens with zero attached hydrogens (tertiary/aromatic N) is 1. The van der Waals surface area contributed by atoms with E-state index >= 15 is 0 Å². The Hall–Kier alpha value is -2.08. The predicted molar refractivity (Wildman–Crippen MR) is 78.5 cm³/mol. The van der Waals surface area contributed by atoms with E-state index < -0.39 is 5.97 Å². The van der Waals surface area contributed by atoms with Crippen LogP contribution in [-0.4, -0.2) is 46.8 Å². The number of carboxylic acid groups (broad SMARTS) is 1. The van der Waals surface area contributed by atoms with Crippen molar-refractivity contribution in [2.75, 3.05) is 25.0 Å². The first-order chi connectivity index (χ1) is 10.0. The highest BCUT2D eigenvalue weighted by atomic mass is 16.4. The Morgan fingerprint density at radius 2 is 2.19 bits per heavy atom. The molecule has 1 heterocycles. The number of urea groups is 1. The van der Waals surface area contributed by atoms with Crippen LogP contribution < -0.4 is 5.32 Å². The second kappa shape index (κ2) is 6.58. The topological polar surface area (TPSA) is 89.9 Å². The lowest BCUT2D eigenvalue weighted by molar-refractivity contribution is 0.0696. The molecule has 0 spiro atoms. The van der Waals surface area contributed by atoms with E-state index in [4.69, 9.17) is 5.11 Å². The van der Waals surface area contributed by atoms with Gasteiger partial charge in [0.2, 0.25) is 0 Å². The largest absolute Gasteiger partial charge is 0.478 e. The minimum Gasteiger partial charge on any atom is -0.478 e. The van der Waals surface area contributed by atoms with E-state index in [1.54, 1.807) is 24.0 Å². The number of aliphatic hydroxyl groups is 1. The Kier molecular flexibility index (Phi) is 4.80. The maximum absolute atomic E-state index is 12.2. The van der Waals surface area contributed by atoms with Gasteiger partial charge in [0, 0.05) is 25.4 Å². The first-order valence-electron chi connectivity index (χ1n) is 7.02. The van der Waals surface area contributed by atoms with Gasteiger partial charge < -0.3 is 20.4 Å². The van der Waals surface area contributed by atoms with E-state index in [0.717, 1.165) is 12.8 Å². The number of aromatic carboxylic acids is 1. The molecule has 0 radical (unpaired) electrons. The molecule has 0 aliphatic carbocycles. The average molecular weight is 292 g/mol. The molecule has 0 aromatic heterocycles. The molecule has 1 fully saturated rings. The molecule has 1 saturated heterocycles. The Bertz CT molecular complexity index is 544. The van der Waals surface area contributed by atoms with Gasteiger partial charge in [0.1, 0.15) is 0 Å². The van der Waals surface area contributed by atoms with Crippen LogP contribution in [0.3, 0.4) is 0 Å². The third kappa shape index (κ3) is 3.52. The summed E-state index contributed by atoms with van der Waals surface area (Å²) in [6.07, 6.45) is 1.79. The van der Waals surface area contributed by atoms with Gasteiger partial charge >= 0.3 is 12.0 Å². The van der Waals surface area contributed by atoms with E-state index in [2.05, 4.69) is 5.32 Å². The Balaban J connectivity index is 2.09. The minimum absolute atomic E-state index is 0.0807. The van der Waals surface area contributed by atoms with E-state index in [1.165, 1.54) is 6.07 Å². The number of hydrogen-bond acceptors (Lipinski definition) is 3. The number of carbonyl (C=O) groups is 2. The zero-order valence-electron chi connectivity index (χ0n) is 12.0. The monoisotopic (exact) mass is 292 g/mol. The van der Waals surface area contributed by atoms with Crippen molar-refractivity contribution in [3.63, 3.8) is 0 Å². The number of aliphatic hydroxyl groups excluding tert-OH is 1. The summed E-state index contributed by atoms with van der Waals surface area (Å²) >= 11 is 0. The second-order valence-corrected chi connectivity index (χ2v) is 5.35. The van der Waals surface area contributed by atoms with Gasteiger partial charge in [0.05, 0.1) is 5.56 Å². The molecule has 1 atom stereocenters. The standard InChI is InChI=1S/C15H20N2O4/c1-10-12(14(19)20)5-2-6-13(10)16-15(21)17-7-3-4-11(8-17)9-18/h2,5-6,11,18H,3-4,7-9H2,1H3,(H,16,21)(H,19,20). The van der Waals surface area contributed by atoms with Crippen molar-refractivity contribution in [1.29, 1.82) is 0 Å². The zero-order chi connectivity index (χ0) is 15.4. The highest BCUT2D eigenvalue weighted by Crippen LogP contribution is 2.21. The number of anilines is 1. The first kappa shape index (κ1) is 15.3. The van der Waals surface area contributed by atoms with E-state index in [1.807, 2.05) is 0 Å². The van der Waals surface area contributed by atoms with Crippen molar-refractivity contribution in [1.82, 2.24) is 4.90 Å². The van der Waals surface area contributed by atoms with Gasteiger partial charge in [-0.05, 0) is 43.4 Å². The Morgan fingerprint density at radius 1 is 1.43 bits per heavy atom. The smallest absolute Gasteiger partial charge is 0.336 e. The predicted octanol–water partition coefficient (Wildman–Crippen LogP) is 1.93. The normalized spacial score (nSPS) is 18.4. The Labute approximate surface area is 123 Å². The summed E-state index contributed by atoms with van der Waals surface area (Å²) in [6, 6.07) is 4.56. The summed E-state index contributed by atoms with van der Waals surface area (Å²) in [5.41, 5.74) is 1.22. The molecule has 1 aromatic carbocycles.